The number of ether oxygens (including phenoxy) is 2. The average molecular weight is 263 g/mol. The topological polar surface area (TPSA) is 47.6 Å². The van der Waals surface area contributed by atoms with Crippen LogP contribution in [0.3, 0.4) is 0 Å². The maximum Gasteiger partial charge on any atom is 0.251 e. The molecular formula is C15H21NO3. The molecule has 104 valence electrons. The van der Waals surface area contributed by atoms with Gasteiger partial charge in [0.15, 0.2) is 0 Å². The number of rotatable bonds is 5. The number of amides is 1. The van der Waals surface area contributed by atoms with Gasteiger partial charge in [-0.3, -0.25) is 4.79 Å². The molecule has 0 saturated heterocycles. The molecule has 0 spiro atoms. The Bertz CT molecular complexity index is 455. The van der Waals surface area contributed by atoms with Gasteiger partial charge < -0.3 is 14.8 Å². The van der Waals surface area contributed by atoms with E-state index in [1.165, 1.54) is 12.8 Å². The van der Waals surface area contributed by atoms with Crippen LogP contribution in [0.15, 0.2) is 12.1 Å². The van der Waals surface area contributed by atoms with Crippen molar-refractivity contribution in [2.24, 2.45) is 5.92 Å². The van der Waals surface area contributed by atoms with Crippen LogP contribution < -0.4 is 14.8 Å². The van der Waals surface area contributed by atoms with Crippen LogP contribution in [0.25, 0.3) is 0 Å². The third-order valence-electron chi connectivity index (χ3n) is 3.70. The van der Waals surface area contributed by atoms with Crippen molar-refractivity contribution in [3.8, 4) is 11.5 Å². The first-order valence-electron chi connectivity index (χ1n) is 6.60. The maximum absolute atomic E-state index is 12.2. The highest BCUT2D eigenvalue weighted by Gasteiger charge is 2.29. The molecule has 1 unspecified atom stereocenters. The average Bonchev–Trinajstić information content (AvgIpc) is 3.23. The lowest BCUT2D eigenvalue weighted by Crippen LogP contribution is -2.34. The second kappa shape index (κ2) is 5.51. The Morgan fingerprint density at radius 2 is 1.79 bits per heavy atom. The molecule has 1 aliphatic rings. The van der Waals surface area contributed by atoms with Gasteiger partial charge in [-0.25, -0.2) is 0 Å². The Kier molecular flexibility index (Phi) is 3.98. The molecule has 1 aromatic rings. The zero-order valence-electron chi connectivity index (χ0n) is 11.9. The van der Waals surface area contributed by atoms with E-state index < -0.39 is 0 Å². The first kappa shape index (κ1) is 13.7. The van der Waals surface area contributed by atoms with Crippen molar-refractivity contribution in [2.45, 2.75) is 32.7 Å². The predicted octanol–water partition coefficient (Wildman–Crippen LogP) is 2.54. The molecule has 1 fully saturated rings. The van der Waals surface area contributed by atoms with E-state index in [1.807, 2.05) is 6.92 Å². The molecule has 1 saturated carbocycles. The highest BCUT2D eigenvalue weighted by Crippen LogP contribution is 2.33. The minimum absolute atomic E-state index is 0.0731. The number of hydrogen-bond acceptors (Lipinski definition) is 3. The Balaban J connectivity index is 2.20. The van der Waals surface area contributed by atoms with Crippen LogP contribution in [0.1, 0.15) is 35.7 Å². The van der Waals surface area contributed by atoms with Gasteiger partial charge in [0.2, 0.25) is 0 Å². The second-order valence-electron chi connectivity index (χ2n) is 5.11. The smallest absolute Gasteiger partial charge is 0.251 e. The lowest BCUT2D eigenvalue weighted by molar-refractivity contribution is 0.0935. The lowest BCUT2D eigenvalue weighted by Gasteiger charge is -2.15. The van der Waals surface area contributed by atoms with Crippen LogP contribution in [-0.4, -0.2) is 26.2 Å². The van der Waals surface area contributed by atoms with Crippen molar-refractivity contribution in [3.05, 3.63) is 23.3 Å². The number of benzene rings is 1. The second-order valence-corrected chi connectivity index (χ2v) is 5.11. The summed E-state index contributed by atoms with van der Waals surface area (Å²) in [5.41, 5.74) is 1.48. The van der Waals surface area contributed by atoms with E-state index in [0.29, 0.717) is 23.0 Å². The van der Waals surface area contributed by atoms with Gasteiger partial charge in [-0.2, -0.15) is 0 Å². The van der Waals surface area contributed by atoms with Crippen molar-refractivity contribution >= 4 is 5.91 Å². The van der Waals surface area contributed by atoms with Crippen molar-refractivity contribution in [3.63, 3.8) is 0 Å². The molecule has 1 atom stereocenters. The zero-order chi connectivity index (χ0) is 14.0. The van der Waals surface area contributed by atoms with Crippen molar-refractivity contribution in [1.29, 1.82) is 0 Å². The Hall–Kier alpha value is -1.71. The van der Waals surface area contributed by atoms with Crippen LogP contribution in [0, 0.1) is 12.8 Å². The predicted molar refractivity (Wildman–Crippen MR) is 73.9 cm³/mol. The Labute approximate surface area is 114 Å². The molecule has 0 heterocycles. The molecule has 1 N–H and O–H groups in total. The molecule has 4 heteroatoms. The van der Waals surface area contributed by atoms with Crippen LogP contribution in [0.2, 0.25) is 0 Å². The molecular weight excluding hydrogens is 242 g/mol. The quantitative estimate of drug-likeness (QED) is 0.888. The fourth-order valence-electron chi connectivity index (χ4n) is 2.22. The van der Waals surface area contributed by atoms with Gasteiger partial charge in [-0.05, 0) is 44.7 Å². The summed E-state index contributed by atoms with van der Waals surface area (Å²) in [4.78, 5) is 12.2. The molecule has 0 radical (unpaired) electrons. The minimum Gasteiger partial charge on any atom is -0.496 e. The number of carbonyl (C=O) groups is 1. The molecule has 0 aromatic heterocycles. The summed E-state index contributed by atoms with van der Waals surface area (Å²) in [6.45, 7) is 3.96. The van der Waals surface area contributed by atoms with Crippen LogP contribution in [0.5, 0.6) is 11.5 Å². The summed E-state index contributed by atoms with van der Waals surface area (Å²) >= 11 is 0. The van der Waals surface area contributed by atoms with Crippen LogP contribution >= 0.6 is 0 Å². The summed E-state index contributed by atoms with van der Waals surface area (Å²) in [5.74, 6) is 1.90. The minimum atomic E-state index is -0.0731. The third-order valence-corrected chi connectivity index (χ3v) is 3.70. The van der Waals surface area contributed by atoms with E-state index in [-0.39, 0.29) is 11.9 Å². The molecule has 4 nitrogen and oxygen atoms in total. The molecule has 0 aliphatic heterocycles. The van der Waals surface area contributed by atoms with Gasteiger partial charge in [-0.15, -0.1) is 0 Å². The molecule has 1 aromatic carbocycles. The fourth-order valence-corrected chi connectivity index (χ4v) is 2.22. The first-order chi connectivity index (χ1) is 9.06. The monoisotopic (exact) mass is 263 g/mol. The van der Waals surface area contributed by atoms with Crippen molar-refractivity contribution in [1.82, 2.24) is 5.32 Å². The van der Waals surface area contributed by atoms with Gasteiger partial charge in [0.1, 0.15) is 11.5 Å². The number of hydrogen-bond donors (Lipinski definition) is 1. The van der Waals surface area contributed by atoms with Crippen molar-refractivity contribution < 1.29 is 14.3 Å². The van der Waals surface area contributed by atoms with E-state index in [2.05, 4.69) is 12.2 Å². The molecule has 19 heavy (non-hydrogen) atoms. The van der Waals surface area contributed by atoms with Gasteiger partial charge in [0.05, 0.1) is 14.2 Å². The first-order valence-corrected chi connectivity index (χ1v) is 6.60. The normalized spacial score (nSPS) is 15.8. The fraction of sp³-hybridized carbons (Fsp3) is 0.533. The number of nitrogens with one attached hydrogen (secondary N) is 1. The van der Waals surface area contributed by atoms with E-state index in [4.69, 9.17) is 9.47 Å². The molecule has 2 rings (SSSR count). The van der Waals surface area contributed by atoms with E-state index in [1.54, 1.807) is 26.4 Å². The highest BCUT2D eigenvalue weighted by atomic mass is 16.5. The zero-order valence-corrected chi connectivity index (χ0v) is 11.9. The maximum atomic E-state index is 12.2. The van der Waals surface area contributed by atoms with Crippen LogP contribution in [-0.2, 0) is 0 Å². The molecule has 1 amide bonds. The number of carbonyl (C=O) groups excluding carboxylic acids is 1. The van der Waals surface area contributed by atoms with Gasteiger partial charge in [0.25, 0.3) is 5.91 Å². The summed E-state index contributed by atoms with van der Waals surface area (Å²) in [5, 5.41) is 3.03. The van der Waals surface area contributed by atoms with Crippen molar-refractivity contribution in [2.75, 3.05) is 14.2 Å². The Morgan fingerprint density at radius 3 is 2.21 bits per heavy atom. The molecule has 0 bridgehead atoms. The third kappa shape index (κ3) is 3.00. The van der Waals surface area contributed by atoms with E-state index in [9.17, 15) is 4.79 Å². The number of methoxy groups -OCH3 is 2. The van der Waals surface area contributed by atoms with Gasteiger partial charge in [0, 0.05) is 17.2 Å². The molecule has 1 aliphatic carbocycles. The summed E-state index contributed by atoms with van der Waals surface area (Å²) < 4.78 is 10.6. The standard InChI is InChI=1S/C15H21NO3/c1-9-13(18-3)7-12(8-14(9)19-4)15(17)16-10(2)11-5-6-11/h7-8,10-11H,5-6H2,1-4H3,(H,16,17). The lowest BCUT2D eigenvalue weighted by atomic mass is 10.1. The van der Waals surface area contributed by atoms with E-state index >= 15 is 0 Å². The van der Waals surface area contributed by atoms with Gasteiger partial charge in [-0.1, -0.05) is 0 Å². The summed E-state index contributed by atoms with van der Waals surface area (Å²) in [6, 6.07) is 3.74. The van der Waals surface area contributed by atoms with Gasteiger partial charge >= 0.3 is 0 Å². The van der Waals surface area contributed by atoms with Crippen LogP contribution in [0.4, 0.5) is 0 Å². The van der Waals surface area contributed by atoms with E-state index in [0.717, 1.165) is 5.56 Å². The highest BCUT2D eigenvalue weighted by molar-refractivity contribution is 5.95. The largest absolute Gasteiger partial charge is 0.496 e. The SMILES string of the molecule is COc1cc(C(=O)NC(C)C2CC2)cc(OC)c1C. The summed E-state index contributed by atoms with van der Waals surface area (Å²) in [7, 11) is 3.19. The summed E-state index contributed by atoms with van der Waals surface area (Å²) in [6.07, 6.45) is 2.42. The Morgan fingerprint density at radius 1 is 1.26 bits per heavy atom.